The lowest BCUT2D eigenvalue weighted by Crippen LogP contribution is -2.11. The third-order valence-electron chi connectivity index (χ3n) is 4.52. The lowest BCUT2D eigenvalue weighted by atomic mass is 10.1. The number of rotatable bonds is 7. The predicted octanol–water partition coefficient (Wildman–Crippen LogP) is 5.24. The van der Waals surface area contributed by atoms with E-state index in [9.17, 15) is 4.79 Å². The van der Waals surface area contributed by atoms with Gasteiger partial charge in [0.15, 0.2) is 0 Å². The maximum absolute atomic E-state index is 12.1. The smallest absolute Gasteiger partial charge is 0.224 e. The van der Waals surface area contributed by atoms with Crippen LogP contribution in [0.5, 0.6) is 0 Å². The molecule has 0 aliphatic heterocycles. The van der Waals surface area contributed by atoms with Crippen LogP contribution in [0.2, 0.25) is 0 Å². The molecule has 2 heterocycles. The molecule has 4 nitrogen and oxygen atoms in total. The largest absolute Gasteiger partial charge is 0.326 e. The van der Waals surface area contributed by atoms with E-state index < -0.39 is 0 Å². The number of nitrogens with one attached hydrogen (secondary N) is 1. The van der Waals surface area contributed by atoms with E-state index in [1.165, 1.54) is 10.3 Å². The van der Waals surface area contributed by atoms with Gasteiger partial charge < -0.3 is 5.32 Å². The van der Waals surface area contributed by atoms with E-state index in [2.05, 4.69) is 33.5 Å². The quantitative estimate of drug-likeness (QED) is 0.472. The van der Waals surface area contributed by atoms with Gasteiger partial charge in [-0.15, -0.1) is 11.3 Å². The normalized spacial score (nSPS) is 10.9. The minimum Gasteiger partial charge on any atom is -0.326 e. The van der Waals surface area contributed by atoms with E-state index in [1.54, 1.807) is 17.5 Å². The summed E-state index contributed by atoms with van der Waals surface area (Å²) in [6.07, 6.45) is 6.59. The highest BCUT2D eigenvalue weighted by atomic mass is 32.1. The monoisotopic (exact) mass is 387 g/mol. The predicted molar refractivity (Wildman–Crippen MR) is 115 cm³/mol. The molecule has 140 valence electrons. The van der Waals surface area contributed by atoms with Gasteiger partial charge in [0.1, 0.15) is 0 Å². The lowest BCUT2D eigenvalue weighted by molar-refractivity contribution is -0.116. The highest BCUT2D eigenvalue weighted by Gasteiger charge is 2.06. The number of carbonyl (C=O) groups excluding carboxylic acids is 1. The zero-order valence-corrected chi connectivity index (χ0v) is 16.3. The molecule has 0 bridgehead atoms. The fourth-order valence-corrected chi connectivity index (χ4v) is 4.10. The molecule has 4 aromatic rings. The number of hydrogen-bond donors (Lipinski definition) is 1. The number of anilines is 1. The second-order valence-electron chi connectivity index (χ2n) is 6.71. The minimum atomic E-state index is 0.0443. The zero-order valence-electron chi connectivity index (χ0n) is 15.5. The Kier molecular flexibility index (Phi) is 5.73. The number of hydrogen-bond acceptors (Lipinski definition) is 4. The van der Waals surface area contributed by atoms with Gasteiger partial charge >= 0.3 is 0 Å². The molecule has 0 aliphatic carbocycles. The molecule has 5 heteroatoms. The highest BCUT2D eigenvalue weighted by molar-refractivity contribution is 7.18. The van der Waals surface area contributed by atoms with Crippen molar-refractivity contribution in [2.75, 3.05) is 5.32 Å². The van der Waals surface area contributed by atoms with Crippen LogP contribution in [-0.4, -0.2) is 15.9 Å². The molecular weight excluding hydrogens is 366 g/mol. The summed E-state index contributed by atoms with van der Waals surface area (Å²) in [4.78, 5) is 20.9. The van der Waals surface area contributed by atoms with Crippen LogP contribution in [0.15, 0.2) is 73.1 Å². The van der Waals surface area contributed by atoms with Crippen LogP contribution in [0.4, 0.5) is 5.69 Å². The fourth-order valence-electron chi connectivity index (χ4n) is 3.10. The molecule has 2 aromatic carbocycles. The van der Waals surface area contributed by atoms with Gasteiger partial charge in [0.2, 0.25) is 5.91 Å². The van der Waals surface area contributed by atoms with Gasteiger partial charge in [-0.25, -0.2) is 4.98 Å². The molecule has 4 rings (SSSR count). The van der Waals surface area contributed by atoms with Crippen LogP contribution in [0.25, 0.3) is 10.2 Å². The number of aryl methyl sites for hydroxylation is 1. The van der Waals surface area contributed by atoms with Crippen LogP contribution in [-0.2, 0) is 17.6 Å². The Bertz CT molecular complexity index is 1030. The molecule has 0 unspecified atom stereocenters. The lowest BCUT2D eigenvalue weighted by Gasteiger charge is -2.06. The number of thiazole rings is 1. The summed E-state index contributed by atoms with van der Waals surface area (Å²) in [6.45, 7) is 0. The second-order valence-corrected chi connectivity index (χ2v) is 7.83. The number of aromatic nitrogens is 2. The number of nitrogens with zero attached hydrogens (tertiary/aromatic N) is 2. The van der Waals surface area contributed by atoms with Gasteiger partial charge in [-0.05, 0) is 54.3 Å². The van der Waals surface area contributed by atoms with E-state index >= 15 is 0 Å². The van der Waals surface area contributed by atoms with Gasteiger partial charge in [0.05, 0.1) is 15.2 Å². The van der Waals surface area contributed by atoms with Crippen LogP contribution >= 0.6 is 11.3 Å². The Labute approximate surface area is 168 Å². The van der Waals surface area contributed by atoms with Crippen molar-refractivity contribution in [2.45, 2.75) is 25.7 Å². The molecule has 0 saturated carbocycles. The standard InChI is InChI=1S/C23H21N3OS/c27-22(9-3-5-18-6-4-14-24-16-18)25-19-12-10-17(11-13-19)15-23-26-20-7-1-2-8-21(20)28-23/h1-2,4,6-8,10-14,16H,3,5,9,15H2,(H,25,27). The summed E-state index contributed by atoms with van der Waals surface area (Å²) in [5, 5.41) is 4.08. The Morgan fingerprint density at radius 2 is 1.82 bits per heavy atom. The fraction of sp³-hybridized carbons (Fsp3) is 0.174. The Morgan fingerprint density at radius 3 is 2.61 bits per heavy atom. The molecule has 0 fully saturated rings. The minimum absolute atomic E-state index is 0.0443. The summed E-state index contributed by atoms with van der Waals surface area (Å²) in [5.74, 6) is 0.0443. The molecule has 0 radical (unpaired) electrons. The van der Waals surface area contributed by atoms with E-state index in [-0.39, 0.29) is 5.91 Å². The summed E-state index contributed by atoms with van der Waals surface area (Å²) in [5.41, 5.74) is 4.24. The molecular formula is C23H21N3OS. The van der Waals surface area contributed by atoms with Crippen molar-refractivity contribution in [3.8, 4) is 0 Å². The summed E-state index contributed by atoms with van der Waals surface area (Å²) in [6, 6.07) is 20.2. The van der Waals surface area contributed by atoms with Crippen LogP contribution in [0.1, 0.15) is 29.0 Å². The number of para-hydroxylation sites is 1. The maximum atomic E-state index is 12.1. The molecule has 0 atom stereocenters. The average Bonchev–Trinajstić information content (AvgIpc) is 3.12. The summed E-state index contributed by atoms with van der Waals surface area (Å²) in [7, 11) is 0. The van der Waals surface area contributed by atoms with Crippen molar-refractivity contribution in [3.05, 3.63) is 89.2 Å². The van der Waals surface area contributed by atoms with Crippen LogP contribution in [0, 0.1) is 0 Å². The van der Waals surface area contributed by atoms with Gasteiger partial charge in [-0.3, -0.25) is 9.78 Å². The number of carbonyl (C=O) groups is 1. The first-order chi connectivity index (χ1) is 13.8. The van der Waals surface area contributed by atoms with E-state index in [0.29, 0.717) is 6.42 Å². The first-order valence-corrected chi connectivity index (χ1v) is 10.2. The zero-order chi connectivity index (χ0) is 19.2. The second kappa shape index (κ2) is 8.76. The Balaban J connectivity index is 1.28. The molecule has 1 N–H and O–H groups in total. The first-order valence-electron chi connectivity index (χ1n) is 9.38. The van der Waals surface area contributed by atoms with Gasteiger partial charge in [0, 0.05) is 30.9 Å². The Hall–Kier alpha value is -3.05. The van der Waals surface area contributed by atoms with E-state index in [0.717, 1.165) is 41.0 Å². The third-order valence-corrected chi connectivity index (χ3v) is 5.56. The SMILES string of the molecule is O=C(CCCc1cccnc1)Nc1ccc(Cc2nc3ccccc3s2)cc1. The maximum Gasteiger partial charge on any atom is 0.224 e. The molecule has 2 aromatic heterocycles. The van der Waals surface area contributed by atoms with Crippen molar-refractivity contribution in [3.63, 3.8) is 0 Å². The molecule has 0 saturated heterocycles. The summed E-state index contributed by atoms with van der Waals surface area (Å²) >= 11 is 1.73. The molecule has 0 aliphatic rings. The van der Waals surface area contributed by atoms with E-state index in [1.807, 2.05) is 48.7 Å². The van der Waals surface area contributed by atoms with E-state index in [4.69, 9.17) is 0 Å². The summed E-state index contributed by atoms with van der Waals surface area (Å²) < 4.78 is 1.22. The van der Waals surface area contributed by atoms with Gasteiger partial charge in [0.25, 0.3) is 0 Å². The topological polar surface area (TPSA) is 54.9 Å². The highest BCUT2D eigenvalue weighted by Crippen LogP contribution is 2.24. The van der Waals surface area contributed by atoms with Crippen molar-refractivity contribution in [1.82, 2.24) is 9.97 Å². The van der Waals surface area contributed by atoms with Crippen molar-refractivity contribution >= 4 is 33.1 Å². The number of benzene rings is 2. The average molecular weight is 388 g/mol. The number of pyridine rings is 1. The van der Waals surface area contributed by atoms with Gasteiger partial charge in [-0.1, -0.05) is 30.3 Å². The van der Waals surface area contributed by atoms with Gasteiger partial charge in [-0.2, -0.15) is 0 Å². The molecule has 1 amide bonds. The Morgan fingerprint density at radius 1 is 0.964 bits per heavy atom. The molecule has 28 heavy (non-hydrogen) atoms. The molecule has 0 spiro atoms. The van der Waals surface area contributed by atoms with Crippen molar-refractivity contribution < 1.29 is 4.79 Å². The van der Waals surface area contributed by atoms with Crippen molar-refractivity contribution in [2.24, 2.45) is 0 Å². The number of amides is 1. The van der Waals surface area contributed by atoms with Crippen LogP contribution in [0.3, 0.4) is 0 Å². The van der Waals surface area contributed by atoms with Crippen LogP contribution < -0.4 is 5.32 Å². The third kappa shape index (κ3) is 4.81. The van der Waals surface area contributed by atoms with Crippen molar-refractivity contribution in [1.29, 1.82) is 0 Å². The first kappa shape index (κ1) is 18.3. The number of fused-ring (bicyclic) bond motifs is 1.